The molecule has 0 heterocycles. The van der Waals surface area contributed by atoms with E-state index in [1.165, 1.54) is 32.1 Å². The van der Waals surface area contributed by atoms with Crippen LogP contribution in [0.4, 0.5) is 0 Å². The normalized spacial score (nSPS) is 38.5. The third kappa shape index (κ3) is 1.57. The van der Waals surface area contributed by atoms with E-state index in [-0.39, 0.29) is 0 Å². The smallest absolute Gasteiger partial charge is 0.0110 e. The molecule has 0 aromatic carbocycles. The van der Waals surface area contributed by atoms with Crippen molar-refractivity contribution in [1.29, 1.82) is 0 Å². The van der Waals surface area contributed by atoms with Crippen molar-refractivity contribution < 1.29 is 0 Å². The molecule has 0 aromatic heterocycles. The lowest BCUT2D eigenvalue weighted by atomic mass is 10.2. The fourth-order valence-corrected chi connectivity index (χ4v) is 2.14. The van der Waals surface area contributed by atoms with Crippen LogP contribution in [0.1, 0.15) is 32.1 Å². The van der Waals surface area contributed by atoms with Crippen LogP contribution in [-0.4, -0.2) is 30.1 Å². The van der Waals surface area contributed by atoms with Gasteiger partial charge in [0.05, 0.1) is 0 Å². The second-order valence-corrected chi connectivity index (χ2v) is 4.12. The molecule has 2 nitrogen and oxygen atoms in total. The van der Waals surface area contributed by atoms with Crippen LogP contribution in [0.15, 0.2) is 0 Å². The van der Waals surface area contributed by atoms with Crippen LogP contribution in [0.2, 0.25) is 0 Å². The van der Waals surface area contributed by atoms with E-state index in [0.29, 0.717) is 6.04 Å². The van der Waals surface area contributed by atoms with Gasteiger partial charge in [-0.1, -0.05) is 0 Å². The number of hydrogen-bond donors (Lipinski definition) is 1. The van der Waals surface area contributed by atoms with Gasteiger partial charge in [-0.05, 0) is 39.2 Å². The fourth-order valence-electron chi connectivity index (χ4n) is 2.14. The van der Waals surface area contributed by atoms with Crippen molar-refractivity contribution in [3.05, 3.63) is 0 Å². The Labute approximate surface area is 68.7 Å². The largest absolute Gasteiger partial charge is 0.328 e. The molecule has 0 saturated heterocycles. The van der Waals surface area contributed by atoms with Crippen LogP contribution in [-0.2, 0) is 0 Å². The highest BCUT2D eigenvalue weighted by molar-refractivity contribution is 4.91. The minimum atomic E-state index is 0.487. The van der Waals surface area contributed by atoms with E-state index in [0.717, 1.165) is 12.1 Å². The summed E-state index contributed by atoms with van der Waals surface area (Å²) in [6, 6.07) is 2.20. The molecule has 2 fully saturated rings. The zero-order valence-electron chi connectivity index (χ0n) is 7.29. The van der Waals surface area contributed by atoms with Crippen molar-refractivity contribution in [1.82, 2.24) is 4.90 Å². The summed E-state index contributed by atoms with van der Waals surface area (Å²) in [7, 11) is 2.26. The van der Waals surface area contributed by atoms with Gasteiger partial charge in [0.25, 0.3) is 0 Å². The van der Waals surface area contributed by atoms with Crippen LogP contribution < -0.4 is 5.73 Å². The molecule has 0 spiro atoms. The molecule has 2 heteroatoms. The maximum absolute atomic E-state index is 5.86. The minimum absolute atomic E-state index is 0.487. The quantitative estimate of drug-likeness (QED) is 0.642. The SMILES string of the molecule is CN(C1CC1)C1CCC(N)C1. The lowest BCUT2D eigenvalue weighted by Gasteiger charge is -2.23. The van der Waals surface area contributed by atoms with E-state index in [2.05, 4.69) is 11.9 Å². The van der Waals surface area contributed by atoms with Gasteiger partial charge in [0, 0.05) is 18.1 Å². The first kappa shape index (κ1) is 7.56. The molecule has 2 N–H and O–H groups in total. The first-order chi connectivity index (χ1) is 5.27. The summed E-state index contributed by atoms with van der Waals surface area (Å²) in [6.45, 7) is 0. The van der Waals surface area contributed by atoms with Gasteiger partial charge < -0.3 is 10.6 Å². The van der Waals surface area contributed by atoms with Crippen molar-refractivity contribution in [3.63, 3.8) is 0 Å². The van der Waals surface area contributed by atoms with E-state index in [4.69, 9.17) is 5.73 Å². The zero-order valence-corrected chi connectivity index (χ0v) is 7.29. The molecule has 2 atom stereocenters. The van der Waals surface area contributed by atoms with Crippen LogP contribution >= 0.6 is 0 Å². The molecule has 2 saturated carbocycles. The maximum Gasteiger partial charge on any atom is 0.0110 e. The predicted molar refractivity (Wildman–Crippen MR) is 46.4 cm³/mol. The average molecular weight is 154 g/mol. The first-order valence-electron chi connectivity index (χ1n) is 4.75. The Morgan fingerprint density at radius 1 is 1.09 bits per heavy atom. The van der Waals surface area contributed by atoms with Gasteiger partial charge in [-0.15, -0.1) is 0 Å². The fraction of sp³-hybridized carbons (Fsp3) is 1.00. The summed E-state index contributed by atoms with van der Waals surface area (Å²) in [5.41, 5.74) is 5.86. The average Bonchev–Trinajstić information content (AvgIpc) is 2.74. The van der Waals surface area contributed by atoms with Crippen molar-refractivity contribution in [3.8, 4) is 0 Å². The third-order valence-corrected chi connectivity index (χ3v) is 3.14. The van der Waals surface area contributed by atoms with E-state index in [1.54, 1.807) is 0 Å². The molecule has 0 radical (unpaired) electrons. The van der Waals surface area contributed by atoms with Crippen LogP contribution in [0.5, 0.6) is 0 Å². The second-order valence-electron chi connectivity index (χ2n) is 4.12. The summed E-state index contributed by atoms with van der Waals surface area (Å²) in [4.78, 5) is 2.55. The summed E-state index contributed by atoms with van der Waals surface area (Å²) in [5, 5.41) is 0. The molecule has 2 unspecified atom stereocenters. The van der Waals surface area contributed by atoms with Gasteiger partial charge in [-0.3, -0.25) is 0 Å². The molecular formula is C9H18N2. The number of nitrogens with zero attached hydrogens (tertiary/aromatic N) is 1. The molecule has 2 aliphatic carbocycles. The van der Waals surface area contributed by atoms with Crippen molar-refractivity contribution in [2.24, 2.45) is 5.73 Å². The topological polar surface area (TPSA) is 29.3 Å². The Hall–Kier alpha value is -0.0800. The molecule has 2 aliphatic rings. The molecule has 11 heavy (non-hydrogen) atoms. The maximum atomic E-state index is 5.86. The number of hydrogen-bond acceptors (Lipinski definition) is 2. The van der Waals surface area contributed by atoms with E-state index < -0.39 is 0 Å². The Kier molecular flexibility index (Phi) is 1.90. The number of rotatable bonds is 2. The van der Waals surface area contributed by atoms with Crippen molar-refractivity contribution >= 4 is 0 Å². The summed E-state index contributed by atoms with van der Waals surface area (Å²) >= 11 is 0. The third-order valence-electron chi connectivity index (χ3n) is 3.14. The van der Waals surface area contributed by atoms with Crippen LogP contribution in [0.25, 0.3) is 0 Å². The van der Waals surface area contributed by atoms with E-state index >= 15 is 0 Å². The number of nitrogens with two attached hydrogens (primary N) is 1. The monoisotopic (exact) mass is 154 g/mol. The van der Waals surface area contributed by atoms with Gasteiger partial charge in [-0.2, -0.15) is 0 Å². The molecule has 0 aliphatic heterocycles. The van der Waals surface area contributed by atoms with Gasteiger partial charge in [-0.25, -0.2) is 0 Å². The molecule has 0 amide bonds. The van der Waals surface area contributed by atoms with Crippen molar-refractivity contribution in [2.75, 3.05) is 7.05 Å². The minimum Gasteiger partial charge on any atom is -0.328 e. The highest BCUT2D eigenvalue weighted by Gasteiger charge is 2.34. The summed E-state index contributed by atoms with van der Waals surface area (Å²) in [5.74, 6) is 0. The highest BCUT2D eigenvalue weighted by atomic mass is 15.2. The molecule has 0 aromatic rings. The Morgan fingerprint density at radius 3 is 2.18 bits per heavy atom. The molecular weight excluding hydrogens is 136 g/mol. The van der Waals surface area contributed by atoms with E-state index in [1.807, 2.05) is 0 Å². The molecule has 64 valence electrons. The Morgan fingerprint density at radius 2 is 1.73 bits per heavy atom. The van der Waals surface area contributed by atoms with Crippen molar-refractivity contribution in [2.45, 2.75) is 50.2 Å². The van der Waals surface area contributed by atoms with Gasteiger partial charge in [0.1, 0.15) is 0 Å². The standard InChI is InChI=1S/C9H18N2/c1-11(8-4-5-8)9-3-2-7(10)6-9/h7-9H,2-6,10H2,1H3. The van der Waals surface area contributed by atoms with Gasteiger partial charge >= 0.3 is 0 Å². The lowest BCUT2D eigenvalue weighted by Crippen LogP contribution is -2.32. The summed E-state index contributed by atoms with van der Waals surface area (Å²) in [6.07, 6.45) is 6.63. The zero-order chi connectivity index (χ0) is 7.84. The van der Waals surface area contributed by atoms with E-state index in [9.17, 15) is 0 Å². The van der Waals surface area contributed by atoms with Crippen LogP contribution in [0.3, 0.4) is 0 Å². The van der Waals surface area contributed by atoms with Gasteiger partial charge in [0.15, 0.2) is 0 Å². The highest BCUT2D eigenvalue weighted by Crippen LogP contribution is 2.32. The van der Waals surface area contributed by atoms with Gasteiger partial charge in [0.2, 0.25) is 0 Å². The lowest BCUT2D eigenvalue weighted by molar-refractivity contribution is 0.234. The summed E-state index contributed by atoms with van der Waals surface area (Å²) < 4.78 is 0. The molecule has 2 rings (SSSR count). The second kappa shape index (κ2) is 2.76. The molecule has 0 bridgehead atoms. The van der Waals surface area contributed by atoms with Crippen LogP contribution in [0, 0.1) is 0 Å². The Balaban J connectivity index is 1.84. The predicted octanol–water partition coefficient (Wildman–Crippen LogP) is 0.960. The Bertz CT molecular complexity index is 142. The first-order valence-corrected chi connectivity index (χ1v) is 4.75.